The Kier molecular flexibility index (Phi) is 12.9. The summed E-state index contributed by atoms with van der Waals surface area (Å²) in [5, 5.41) is 16.6. The second-order valence-electron chi connectivity index (χ2n) is 17.1. The van der Waals surface area contributed by atoms with Gasteiger partial charge in [-0.3, -0.25) is 53.4 Å². The summed E-state index contributed by atoms with van der Waals surface area (Å²) < 4.78 is 1.89. The van der Waals surface area contributed by atoms with Crippen LogP contribution in [0.4, 0.5) is 11.5 Å². The highest BCUT2D eigenvalue weighted by atomic mass is 16.2. The third-order valence-electron chi connectivity index (χ3n) is 12.3. The van der Waals surface area contributed by atoms with Crippen molar-refractivity contribution >= 4 is 57.9 Å². The van der Waals surface area contributed by atoms with Crippen molar-refractivity contribution in [1.29, 1.82) is 0 Å². The topological polar surface area (TPSA) is 224 Å². The number of benzene rings is 2. The number of piperidine rings is 1. The van der Waals surface area contributed by atoms with E-state index in [4.69, 9.17) is 4.98 Å². The van der Waals surface area contributed by atoms with Crippen molar-refractivity contribution in [3.63, 3.8) is 0 Å². The number of hydrogen-bond donors (Lipinski definition) is 5. The molecule has 338 valence electrons. The van der Waals surface area contributed by atoms with E-state index in [1.54, 1.807) is 24.4 Å². The second kappa shape index (κ2) is 18.9. The molecule has 5 aromatic rings. The van der Waals surface area contributed by atoms with Gasteiger partial charge in [0.15, 0.2) is 0 Å². The molecular formula is C47H53N11O7. The van der Waals surface area contributed by atoms with Gasteiger partial charge >= 0.3 is 0 Å². The zero-order valence-corrected chi connectivity index (χ0v) is 37.0. The molecule has 8 rings (SSSR count). The Hall–Kier alpha value is -7.21. The molecule has 1 atom stereocenters. The standard InChI is InChI=1S/C47H53N11O7/c1-27(2)58-38-23-31(22-33(35(38)26-52-58)43(61)51-25-34-28(3)21-29(4)53-44(34)62)30-9-11-39(50-24-30)56-19-17-55(18-20-56)16-13-40(59)49-15-6-14-48-36-8-5-7-32-42(36)47(65)57(46(32)64)37-10-12-41(60)54-45(37)63/h5,7-9,11,21-24,26-27,37,48H,6,10,12-20,25H2,1-4H3,(H,49,59)(H,51,61)(H,53,62)(H,54,60,63). The molecule has 2 aromatic carbocycles. The Bertz CT molecular complexity index is 2750. The van der Waals surface area contributed by atoms with E-state index in [-0.39, 0.29) is 53.9 Å². The molecule has 3 aliphatic rings. The van der Waals surface area contributed by atoms with Crippen LogP contribution in [0.3, 0.4) is 0 Å². The summed E-state index contributed by atoms with van der Waals surface area (Å²) in [5.74, 6) is -1.74. The molecule has 18 heteroatoms. The molecule has 2 fully saturated rings. The number of rotatable bonds is 15. The molecule has 0 spiro atoms. The summed E-state index contributed by atoms with van der Waals surface area (Å²) in [4.78, 5) is 103. The highest BCUT2D eigenvalue weighted by Gasteiger charge is 2.45. The van der Waals surface area contributed by atoms with Gasteiger partial charge in [0.2, 0.25) is 17.7 Å². The fourth-order valence-electron chi connectivity index (χ4n) is 8.77. The van der Waals surface area contributed by atoms with E-state index in [9.17, 15) is 33.6 Å². The lowest BCUT2D eigenvalue weighted by molar-refractivity contribution is -0.136. The third-order valence-corrected chi connectivity index (χ3v) is 12.3. The zero-order valence-electron chi connectivity index (χ0n) is 37.0. The summed E-state index contributed by atoms with van der Waals surface area (Å²) in [6, 6.07) is 13.7. The minimum absolute atomic E-state index is 0.0495. The molecule has 0 aliphatic carbocycles. The van der Waals surface area contributed by atoms with Gasteiger partial charge < -0.3 is 25.8 Å². The number of piperazine rings is 1. The van der Waals surface area contributed by atoms with Gasteiger partial charge in [0.05, 0.1) is 28.4 Å². The first-order valence-electron chi connectivity index (χ1n) is 22.0. The number of hydrogen-bond acceptors (Lipinski definition) is 12. The average molecular weight is 884 g/mol. The molecule has 2 saturated heterocycles. The van der Waals surface area contributed by atoms with Crippen LogP contribution in [0.15, 0.2) is 65.7 Å². The molecule has 0 bridgehead atoms. The van der Waals surface area contributed by atoms with Gasteiger partial charge in [-0.25, -0.2) is 4.98 Å². The summed E-state index contributed by atoms with van der Waals surface area (Å²) in [6.45, 7) is 12.4. The SMILES string of the molecule is Cc1cc(C)c(CNC(=O)c2cc(-c3ccc(N4CCN(CCC(=O)NCCCNc5cccc6c5C(=O)N(C5CCC(=O)NC5=O)C6=O)CC4)nc3)cc3c2cnn3C(C)C)c(=O)[nH]1. The van der Waals surface area contributed by atoms with Crippen LogP contribution in [0.5, 0.6) is 0 Å². The number of aromatic nitrogens is 4. The first-order valence-corrected chi connectivity index (χ1v) is 22.0. The fourth-order valence-corrected chi connectivity index (χ4v) is 8.77. The van der Waals surface area contributed by atoms with Crippen molar-refractivity contribution in [1.82, 2.24) is 45.5 Å². The number of H-pyrrole nitrogens is 1. The van der Waals surface area contributed by atoms with E-state index in [0.29, 0.717) is 49.3 Å². The van der Waals surface area contributed by atoms with Gasteiger partial charge in [0.1, 0.15) is 11.9 Å². The van der Waals surface area contributed by atoms with E-state index in [0.717, 1.165) is 70.2 Å². The zero-order chi connectivity index (χ0) is 45.9. The average Bonchev–Trinajstić information content (AvgIpc) is 3.83. The van der Waals surface area contributed by atoms with E-state index in [1.165, 1.54) is 0 Å². The van der Waals surface area contributed by atoms with Gasteiger partial charge in [-0.05, 0) is 94.1 Å². The predicted molar refractivity (Wildman–Crippen MR) is 244 cm³/mol. The van der Waals surface area contributed by atoms with E-state index < -0.39 is 29.7 Å². The van der Waals surface area contributed by atoms with Crippen LogP contribution in [-0.4, -0.2) is 117 Å². The van der Waals surface area contributed by atoms with Crippen LogP contribution in [0, 0.1) is 13.8 Å². The normalized spacial score (nSPS) is 16.6. The van der Waals surface area contributed by atoms with E-state index >= 15 is 0 Å². The lowest BCUT2D eigenvalue weighted by Crippen LogP contribution is -2.54. The number of pyridine rings is 2. The molecule has 0 radical (unpaired) electrons. The largest absolute Gasteiger partial charge is 0.384 e. The van der Waals surface area contributed by atoms with Crippen molar-refractivity contribution in [2.24, 2.45) is 0 Å². The van der Waals surface area contributed by atoms with Crippen LogP contribution in [-0.2, 0) is 20.9 Å². The Labute approximate surface area is 375 Å². The van der Waals surface area contributed by atoms with Gasteiger partial charge in [0, 0.05) is 105 Å². The van der Waals surface area contributed by atoms with Gasteiger partial charge in [-0.15, -0.1) is 0 Å². The van der Waals surface area contributed by atoms with Crippen molar-refractivity contribution < 1.29 is 28.8 Å². The highest BCUT2D eigenvalue weighted by molar-refractivity contribution is 6.25. The number of nitrogens with one attached hydrogen (secondary N) is 5. The van der Waals surface area contributed by atoms with Gasteiger partial charge in [-0.1, -0.05) is 6.07 Å². The maximum Gasteiger partial charge on any atom is 0.264 e. The molecule has 6 heterocycles. The lowest BCUT2D eigenvalue weighted by Gasteiger charge is -2.35. The molecule has 0 saturated carbocycles. The minimum Gasteiger partial charge on any atom is -0.384 e. The number of nitrogens with zero attached hydrogens (tertiary/aromatic N) is 6. The summed E-state index contributed by atoms with van der Waals surface area (Å²) >= 11 is 0. The quantitative estimate of drug-likeness (QED) is 0.0754. The van der Waals surface area contributed by atoms with Gasteiger partial charge in [0.25, 0.3) is 23.3 Å². The molecule has 3 aliphatic heterocycles. The maximum absolute atomic E-state index is 13.7. The van der Waals surface area contributed by atoms with Crippen molar-refractivity contribution in [2.45, 2.75) is 72.0 Å². The van der Waals surface area contributed by atoms with E-state index in [1.807, 2.05) is 68.9 Å². The summed E-state index contributed by atoms with van der Waals surface area (Å²) in [6.07, 6.45) is 4.59. The van der Waals surface area contributed by atoms with Crippen molar-refractivity contribution in [3.05, 3.63) is 105 Å². The molecule has 5 N–H and O–H groups in total. The Morgan fingerprint density at radius 2 is 1.69 bits per heavy atom. The van der Waals surface area contributed by atoms with Crippen molar-refractivity contribution in [3.8, 4) is 11.1 Å². The number of aryl methyl sites for hydroxylation is 2. The highest BCUT2D eigenvalue weighted by Crippen LogP contribution is 2.33. The summed E-state index contributed by atoms with van der Waals surface area (Å²) in [7, 11) is 0. The number of aromatic amines is 1. The van der Waals surface area contributed by atoms with Crippen LogP contribution in [0.25, 0.3) is 22.0 Å². The second-order valence-corrected chi connectivity index (χ2v) is 17.1. The Balaban J connectivity index is 0.798. The number of imide groups is 2. The predicted octanol–water partition coefficient (Wildman–Crippen LogP) is 3.45. The van der Waals surface area contributed by atoms with Crippen molar-refractivity contribution in [2.75, 3.05) is 56.0 Å². The number of carbonyl (C=O) groups excluding carboxylic acids is 6. The minimum atomic E-state index is -1.03. The monoisotopic (exact) mass is 883 g/mol. The maximum atomic E-state index is 13.7. The van der Waals surface area contributed by atoms with Crippen LogP contribution in [0.1, 0.15) is 93.5 Å². The molecule has 18 nitrogen and oxygen atoms in total. The Morgan fingerprint density at radius 1 is 0.892 bits per heavy atom. The molecule has 3 aromatic heterocycles. The Morgan fingerprint density at radius 3 is 2.42 bits per heavy atom. The molecular weight excluding hydrogens is 831 g/mol. The number of carbonyl (C=O) groups is 6. The summed E-state index contributed by atoms with van der Waals surface area (Å²) in [5.41, 5.74) is 5.70. The first-order chi connectivity index (χ1) is 31.3. The fraction of sp³-hybridized carbons (Fsp3) is 0.383. The molecule has 1 unspecified atom stereocenters. The third kappa shape index (κ3) is 9.38. The molecule has 6 amide bonds. The van der Waals surface area contributed by atoms with E-state index in [2.05, 4.69) is 41.1 Å². The van der Waals surface area contributed by atoms with Crippen LogP contribution < -0.4 is 31.7 Å². The van der Waals surface area contributed by atoms with Crippen LogP contribution >= 0.6 is 0 Å². The van der Waals surface area contributed by atoms with Gasteiger partial charge in [-0.2, -0.15) is 5.10 Å². The number of anilines is 2. The molecule has 65 heavy (non-hydrogen) atoms. The smallest absolute Gasteiger partial charge is 0.264 e. The lowest BCUT2D eigenvalue weighted by atomic mass is 10.0. The van der Waals surface area contributed by atoms with Crippen LogP contribution in [0.2, 0.25) is 0 Å². The number of fused-ring (bicyclic) bond motifs is 2. The first kappa shape index (κ1) is 44.4. The number of amides is 6.